The van der Waals surface area contributed by atoms with Crippen LogP contribution in [0.2, 0.25) is 10.0 Å². The van der Waals surface area contributed by atoms with Gasteiger partial charge in [-0.1, -0.05) is 37.0 Å². The van der Waals surface area contributed by atoms with E-state index in [9.17, 15) is 4.79 Å². The molecule has 0 heterocycles. The van der Waals surface area contributed by atoms with Crippen molar-refractivity contribution in [3.05, 3.63) is 33.8 Å². The summed E-state index contributed by atoms with van der Waals surface area (Å²) in [4.78, 5) is 11.8. The van der Waals surface area contributed by atoms with E-state index in [0.717, 1.165) is 12.0 Å². The van der Waals surface area contributed by atoms with Crippen molar-refractivity contribution in [3.63, 3.8) is 0 Å². The molecule has 17 heavy (non-hydrogen) atoms. The highest BCUT2D eigenvalue weighted by Gasteiger charge is 2.20. The SMILES string of the molecule is CCCOC(C(=O)CC)c1cc(Cl)cc(Cl)c1. The quantitative estimate of drug-likeness (QED) is 0.767. The minimum atomic E-state index is -0.559. The number of carbonyl (C=O) groups is 1. The Morgan fingerprint density at radius 2 is 1.82 bits per heavy atom. The second-order valence-electron chi connectivity index (χ2n) is 3.77. The zero-order valence-corrected chi connectivity index (χ0v) is 11.5. The van der Waals surface area contributed by atoms with Crippen molar-refractivity contribution in [3.8, 4) is 0 Å². The molecule has 0 fully saturated rings. The molecule has 0 aromatic heterocycles. The number of ether oxygens (including phenoxy) is 1. The van der Waals surface area contributed by atoms with E-state index in [4.69, 9.17) is 27.9 Å². The standard InChI is InChI=1S/C13H16Cl2O2/c1-3-5-17-13(12(16)4-2)9-6-10(14)8-11(15)7-9/h6-8,13H,3-5H2,1-2H3. The number of carbonyl (C=O) groups excluding carboxylic acids is 1. The van der Waals surface area contributed by atoms with Gasteiger partial charge in [0.2, 0.25) is 0 Å². The van der Waals surface area contributed by atoms with E-state index in [-0.39, 0.29) is 5.78 Å². The Labute approximate surface area is 112 Å². The first-order valence-corrected chi connectivity index (χ1v) is 6.44. The predicted molar refractivity (Wildman–Crippen MR) is 70.7 cm³/mol. The van der Waals surface area contributed by atoms with Gasteiger partial charge in [0.25, 0.3) is 0 Å². The average Bonchev–Trinajstić information content (AvgIpc) is 2.28. The lowest BCUT2D eigenvalue weighted by Crippen LogP contribution is -2.15. The molecular formula is C13H16Cl2O2. The monoisotopic (exact) mass is 274 g/mol. The van der Waals surface area contributed by atoms with Crippen LogP contribution in [0.5, 0.6) is 0 Å². The fraction of sp³-hybridized carbons (Fsp3) is 0.462. The van der Waals surface area contributed by atoms with Gasteiger partial charge >= 0.3 is 0 Å². The molecule has 0 saturated heterocycles. The molecule has 0 N–H and O–H groups in total. The molecule has 0 saturated carbocycles. The summed E-state index contributed by atoms with van der Waals surface area (Å²) in [5.41, 5.74) is 0.725. The number of hydrogen-bond donors (Lipinski definition) is 0. The Morgan fingerprint density at radius 3 is 2.29 bits per heavy atom. The number of rotatable bonds is 6. The van der Waals surface area contributed by atoms with Gasteiger partial charge in [-0.15, -0.1) is 0 Å². The summed E-state index contributed by atoms with van der Waals surface area (Å²) in [6, 6.07) is 5.09. The van der Waals surface area contributed by atoms with Crippen molar-refractivity contribution < 1.29 is 9.53 Å². The van der Waals surface area contributed by atoms with Crippen LogP contribution in [-0.4, -0.2) is 12.4 Å². The molecule has 94 valence electrons. The van der Waals surface area contributed by atoms with Crippen molar-refractivity contribution >= 4 is 29.0 Å². The maximum absolute atomic E-state index is 11.8. The van der Waals surface area contributed by atoms with Crippen LogP contribution < -0.4 is 0 Å². The summed E-state index contributed by atoms with van der Waals surface area (Å²) < 4.78 is 5.57. The normalized spacial score (nSPS) is 12.5. The molecule has 2 nitrogen and oxygen atoms in total. The largest absolute Gasteiger partial charge is 0.366 e. The Balaban J connectivity index is 2.98. The van der Waals surface area contributed by atoms with E-state index in [1.54, 1.807) is 18.2 Å². The zero-order valence-electron chi connectivity index (χ0n) is 10.0. The van der Waals surface area contributed by atoms with Crippen LogP contribution >= 0.6 is 23.2 Å². The summed E-state index contributed by atoms with van der Waals surface area (Å²) in [5.74, 6) is 0.0387. The van der Waals surface area contributed by atoms with E-state index in [1.165, 1.54) is 0 Å². The van der Waals surface area contributed by atoms with E-state index >= 15 is 0 Å². The fourth-order valence-electron chi connectivity index (χ4n) is 1.52. The molecule has 1 atom stereocenters. The molecule has 0 aliphatic carbocycles. The Hall–Kier alpha value is -0.570. The molecule has 0 aliphatic rings. The van der Waals surface area contributed by atoms with Gasteiger partial charge in [0.05, 0.1) is 0 Å². The van der Waals surface area contributed by atoms with Crippen molar-refractivity contribution in [2.45, 2.75) is 32.8 Å². The predicted octanol–water partition coefficient (Wildman–Crippen LogP) is 4.44. The minimum Gasteiger partial charge on any atom is -0.366 e. The van der Waals surface area contributed by atoms with Gasteiger partial charge < -0.3 is 4.74 Å². The second kappa shape index (κ2) is 7.00. The lowest BCUT2D eigenvalue weighted by Gasteiger charge is -2.16. The van der Waals surface area contributed by atoms with Crippen LogP contribution in [0, 0.1) is 0 Å². The van der Waals surface area contributed by atoms with E-state index in [0.29, 0.717) is 23.1 Å². The first-order valence-electron chi connectivity index (χ1n) is 5.68. The molecule has 0 radical (unpaired) electrons. The molecule has 4 heteroatoms. The third-order valence-electron chi connectivity index (χ3n) is 2.32. The summed E-state index contributed by atoms with van der Waals surface area (Å²) in [6.07, 6.45) is 0.733. The maximum Gasteiger partial charge on any atom is 0.165 e. The molecule has 0 spiro atoms. The summed E-state index contributed by atoms with van der Waals surface area (Å²) in [5, 5.41) is 1.03. The van der Waals surface area contributed by atoms with Crippen LogP contribution in [0.15, 0.2) is 18.2 Å². The van der Waals surface area contributed by atoms with Gasteiger partial charge in [0.15, 0.2) is 5.78 Å². The summed E-state index contributed by atoms with van der Waals surface area (Å²) in [6.45, 7) is 4.36. The number of Topliss-reactive ketones (excluding diaryl/α,β-unsaturated/α-hetero) is 1. The highest BCUT2D eigenvalue weighted by Crippen LogP contribution is 2.27. The first-order chi connectivity index (χ1) is 8.08. The average molecular weight is 275 g/mol. The lowest BCUT2D eigenvalue weighted by atomic mass is 10.0. The van der Waals surface area contributed by atoms with Crippen LogP contribution in [0.1, 0.15) is 38.4 Å². The van der Waals surface area contributed by atoms with Crippen molar-refractivity contribution in [2.24, 2.45) is 0 Å². The second-order valence-corrected chi connectivity index (χ2v) is 4.65. The number of halogens is 2. The van der Waals surface area contributed by atoms with Gasteiger partial charge in [0, 0.05) is 23.1 Å². The third kappa shape index (κ3) is 4.30. The lowest BCUT2D eigenvalue weighted by molar-refractivity contribution is -0.130. The smallest absolute Gasteiger partial charge is 0.165 e. The number of hydrogen-bond acceptors (Lipinski definition) is 2. The topological polar surface area (TPSA) is 26.3 Å². The van der Waals surface area contributed by atoms with Crippen LogP contribution in [0.4, 0.5) is 0 Å². The van der Waals surface area contributed by atoms with Gasteiger partial charge in [-0.2, -0.15) is 0 Å². The molecule has 1 rings (SSSR count). The van der Waals surface area contributed by atoms with Gasteiger partial charge in [-0.05, 0) is 30.2 Å². The summed E-state index contributed by atoms with van der Waals surface area (Å²) >= 11 is 11.8. The number of benzene rings is 1. The Bertz CT molecular complexity index is 371. The molecule has 0 bridgehead atoms. The highest BCUT2D eigenvalue weighted by molar-refractivity contribution is 6.34. The fourth-order valence-corrected chi connectivity index (χ4v) is 2.07. The minimum absolute atomic E-state index is 0.0387. The molecule has 1 aromatic carbocycles. The Morgan fingerprint density at radius 1 is 1.24 bits per heavy atom. The third-order valence-corrected chi connectivity index (χ3v) is 2.75. The van der Waals surface area contributed by atoms with E-state index in [1.807, 2.05) is 13.8 Å². The number of ketones is 1. The van der Waals surface area contributed by atoms with E-state index in [2.05, 4.69) is 0 Å². The van der Waals surface area contributed by atoms with Crippen LogP contribution in [0.3, 0.4) is 0 Å². The van der Waals surface area contributed by atoms with Gasteiger partial charge in [0.1, 0.15) is 6.10 Å². The molecule has 0 amide bonds. The van der Waals surface area contributed by atoms with Crippen LogP contribution in [-0.2, 0) is 9.53 Å². The van der Waals surface area contributed by atoms with Gasteiger partial charge in [-0.3, -0.25) is 4.79 Å². The molecule has 1 aromatic rings. The Kier molecular flexibility index (Phi) is 5.96. The van der Waals surface area contributed by atoms with E-state index < -0.39 is 6.10 Å². The van der Waals surface area contributed by atoms with Gasteiger partial charge in [-0.25, -0.2) is 0 Å². The maximum atomic E-state index is 11.8. The van der Waals surface area contributed by atoms with Crippen molar-refractivity contribution in [1.82, 2.24) is 0 Å². The molecule has 0 aliphatic heterocycles. The molecular weight excluding hydrogens is 259 g/mol. The van der Waals surface area contributed by atoms with Crippen LogP contribution in [0.25, 0.3) is 0 Å². The summed E-state index contributed by atoms with van der Waals surface area (Å²) in [7, 11) is 0. The zero-order chi connectivity index (χ0) is 12.8. The van der Waals surface area contributed by atoms with Crippen molar-refractivity contribution in [2.75, 3.05) is 6.61 Å². The molecule has 1 unspecified atom stereocenters. The van der Waals surface area contributed by atoms with Crippen molar-refractivity contribution in [1.29, 1.82) is 0 Å². The highest BCUT2D eigenvalue weighted by atomic mass is 35.5. The first kappa shape index (κ1) is 14.5.